The van der Waals surface area contributed by atoms with Gasteiger partial charge >= 0.3 is 5.97 Å². The quantitative estimate of drug-likeness (QED) is 0.685. The molecule has 0 heterocycles. The van der Waals surface area contributed by atoms with E-state index in [0.29, 0.717) is 13.0 Å². The maximum atomic E-state index is 12.1. The Kier molecular flexibility index (Phi) is 6.80. The number of hydrogen-bond acceptors (Lipinski definition) is 4. The lowest BCUT2D eigenvalue weighted by atomic mass is 10.2. The van der Waals surface area contributed by atoms with Crippen LogP contribution in [0.3, 0.4) is 0 Å². The van der Waals surface area contributed by atoms with Gasteiger partial charge in [-0.1, -0.05) is 11.6 Å². The Morgan fingerprint density at radius 2 is 2.15 bits per heavy atom. The third kappa shape index (κ3) is 4.63. The van der Waals surface area contributed by atoms with E-state index in [-0.39, 0.29) is 20.0 Å². The van der Waals surface area contributed by atoms with Crippen molar-refractivity contribution in [3.63, 3.8) is 0 Å². The molecule has 5 nitrogen and oxygen atoms in total. The van der Waals surface area contributed by atoms with Crippen molar-refractivity contribution in [2.75, 3.05) is 18.6 Å². The van der Waals surface area contributed by atoms with Crippen molar-refractivity contribution in [3.05, 3.63) is 27.2 Å². The molecule has 0 fully saturated rings. The van der Waals surface area contributed by atoms with Crippen LogP contribution in [0.15, 0.2) is 21.5 Å². The zero-order chi connectivity index (χ0) is 15.3. The van der Waals surface area contributed by atoms with Crippen LogP contribution in [0, 0.1) is 0 Å². The molecule has 0 spiro atoms. The maximum absolute atomic E-state index is 12.1. The van der Waals surface area contributed by atoms with E-state index in [1.807, 2.05) is 6.26 Å². The molecule has 0 saturated heterocycles. The zero-order valence-electron chi connectivity index (χ0n) is 10.5. The summed E-state index contributed by atoms with van der Waals surface area (Å²) in [7, 11) is -3.75. The Labute approximate surface area is 135 Å². The second kappa shape index (κ2) is 7.65. The Morgan fingerprint density at radius 1 is 1.50 bits per heavy atom. The molecule has 0 radical (unpaired) electrons. The molecule has 2 N–H and O–H groups in total. The number of benzene rings is 1. The second-order valence-corrected chi connectivity index (χ2v) is 7.80. The first-order valence-corrected chi connectivity index (χ1v) is 9.55. The predicted molar refractivity (Wildman–Crippen MR) is 84.3 cm³/mol. The van der Waals surface area contributed by atoms with Crippen molar-refractivity contribution in [2.45, 2.75) is 11.3 Å². The first kappa shape index (κ1) is 17.8. The summed E-state index contributed by atoms with van der Waals surface area (Å²) in [6.45, 7) is 0.297. The molecule has 0 aliphatic carbocycles. The fraction of sp³-hybridized carbons (Fsp3) is 0.364. The number of carboxylic acid groups (broad SMARTS) is 1. The van der Waals surface area contributed by atoms with E-state index in [4.69, 9.17) is 16.7 Å². The van der Waals surface area contributed by atoms with E-state index in [1.54, 1.807) is 11.8 Å². The minimum atomic E-state index is -3.75. The van der Waals surface area contributed by atoms with E-state index in [0.717, 1.165) is 11.8 Å². The Balaban J connectivity index is 3.04. The molecule has 20 heavy (non-hydrogen) atoms. The van der Waals surface area contributed by atoms with Crippen molar-refractivity contribution < 1.29 is 18.3 Å². The molecule has 0 aromatic heterocycles. The van der Waals surface area contributed by atoms with Crippen LogP contribution < -0.4 is 4.72 Å². The highest BCUT2D eigenvalue weighted by Crippen LogP contribution is 2.29. The molecule has 0 bridgehead atoms. The van der Waals surface area contributed by atoms with Crippen molar-refractivity contribution in [3.8, 4) is 0 Å². The lowest BCUT2D eigenvalue weighted by Gasteiger charge is -2.09. The maximum Gasteiger partial charge on any atom is 0.337 e. The van der Waals surface area contributed by atoms with Crippen LogP contribution in [0.25, 0.3) is 0 Å². The number of halogens is 2. The lowest BCUT2D eigenvalue weighted by molar-refractivity contribution is 0.0696. The van der Waals surface area contributed by atoms with Gasteiger partial charge in [-0.05, 0) is 46.5 Å². The van der Waals surface area contributed by atoms with Crippen molar-refractivity contribution >= 4 is 55.3 Å². The van der Waals surface area contributed by atoms with Gasteiger partial charge in [-0.3, -0.25) is 0 Å². The summed E-state index contributed by atoms with van der Waals surface area (Å²) in [5.74, 6) is -0.442. The smallest absolute Gasteiger partial charge is 0.337 e. The molecule has 112 valence electrons. The molecule has 0 aliphatic rings. The zero-order valence-corrected chi connectivity index (χ0v) is 14.5. The van der Waals surface area contributed by atoms with Crippen molar-refractivity contribution in [1.29, 1.82) is 0 Å². The Hall–Kier alpha value is -0.280. The minimum absolute atomic E-state index is 0.0289. The van der Waals surface area contributed by atoms with Gasteiger partial charge in [-0.25, -0.2) is 17.9 Å². The first-order valence-electron chi connectivity index (χ1n) is 5.50. The average molecular weight is 403 g/mol. The predicted octanol–water partition coefficient (Wildman–Crippen LogP) is 2.83. The van der Waals surface area contributed by atoms with Gasteiger partial charge in [-0.15, -0.1) is 0 Å². The summed E-state index contributed by atoms with van der Waals surface area (Å²) in [5.41, 5.74) is -0.259. The van der Waals surface area contributed by atoms with Crippen molar-refractivity contribution in [2.24, 2.45) is 0 Å². The van der Waals surface area contributed by atoms with Crippen LogP contribution in [-0.2, 0) is 10.0 Å². The van der Waals surface area contributed by atoms with Crippen LogP contribution in [0.4, 0.5) is 0 Å². The third-order valence-electron chi connectivity index (χ3n) is 2.36. The van der Waals surface area contributed by atoms with Gasteiger partial charge in [0.05, 0.1) is 15.5 Å². The van der Waals surface area contributed by atoms with Crippen molar-refractivity contribution in [1.82, 2.24) is 4.72 Å². The van der Waals surface area contributed by atoms with E-state index in [2.05, 4.69) is 20.7 Å². The van der Waals surface area contributed by atoms with Gasteiger partial charge in [0.2, 0.25) is 10.0 Å². The number of aromatic carboxylic acids is 1. The number of carboxylic acids is 1. The average Bonchev–Trinajstić information content (AvgIpc) is 2.37. The largest absolute Gasteiger partial charge is 0.478 e. The molecule has 9 heteroatoms. The van der Waals surface area contributed by atoms with E-state index in [1.165, 1.54) is 6.07 Å². The summed E-state index contributed by atoms with van der Waals surface area (Å²) in [6.07, 6.45) is 2.63. The van der Waals surface area contributed by atoms with Gasteiger partial charge in [0.25, 0.3) is 0 Å². The van der Waals surface area contributed by atoms with Crippen LogP contribution in [0.5, 0.6) is 0 Å². The minimum Gasteiger partial charge on any atom is -0.478 e. The fourth-order valence-corrected chi connectivity index (χ4v) is 3.74. The second-order valence-electron chi connectivity index (χ2n) is 3.82. The molecule has 1 rings (SSSR count). The topological polar surface area (TPSA) is 83.5 Å². The van der Waals surface area contributed by atoms with Gasteiger partial charge < -0.3 is 5.11 Å². The highest BCUT2D eigenvalue weighted by Gasteiger charge is 2.20. The number of thioether (sulfide) groups is 1. The SMILES string of the molecule is CSCCCNS(=O)(=O)c1cc(Br)c(Cl)c(C(=O)O)c1. The number of hydrogen-bond donors (Lipinski definition) is 2. The molecular weight excluding hydrogens is 390 g/mol. The number of carbonyl (C=O) groups is 1. The van der Waals surface area contributed by atoms with Crippen LogP contribution in [-0.4, -0.2) is 38.0 Å². The van der Waals surface area contributed by atoms with Gasteiger partial charge in [-0.2, -0.15) is 11.8 Å². The summed E-state index contributed by atoms with van der Waals surface area (Å²) >= 11 is 10.5. The molecule has 1 aromatic carbocycles. The molecule has 0 saturated carbocycles. The molecule has 0 aliphatic heterocycles. The lowest BCUT2D eigenvalue weighted by Crippen LogP contribution is -2.25. The number of nitrogens with one attached hydrogen (secondary N) is 1. The summed E-state index contributed by atoms with van der Waals surface area (Å²) in [6, 6.07) is 2.33. The van der Waals surface area contributed by atoms with Crippen LogP contribution in [0.2, 0.25) is 5.02 Å². The molecular formula is C11H13BrClNO4S2. The van der Waals surface area contributed by atoms with Gasteiger partial charge in [0.1, 0.15) is 0 Å². The number of sulfonamides is 1. The first-order chi connectivity index (χ1) is 9.29. The van der Waals surface area contributed by atoms with Crippen LogP contribution >= 0.6 is 39.3 Å². The summed E-state index contributed by atoms with van der Waals surface area (Å²) in [4.78, 5) is 10.9. The van der Waals surface area contributed by atoms with Crippen LogP contribution in [0.1, 0.15) is 16.8 Å². The molecule has 0 atom stereocenters. The standard InChI is InChI=1S/C11H13BrClNO4S2/c1-19-4-2-3-14-20(17,18)7-5-8(11(15)16)10(13)9(12)6-7/h5-6,14H,2-4H2,1H3,(H,15,16). The Bertz CT molecular complexity index is 607. The summed E-state index contributed by atoms with van der Waals surface area (Å²) < 4.78 is 26.8. The summed E-state index contributed by atoms with van der Waals surface area (Å²) in [5, 5.41) is 8.97. The monoisotopic (exact) mass is 401 g/mol. The molecule has 1 aromatic rings. The van der Waals surface area contributed by atoms with Gasteiger partial charge in [0, 0.05) is 11.0 Å². The normalized spacial score (nSPS) is 11.6. The highest BCUT2D eigenvalue weighted by molar-refractivity contribution is 9.10. The van der Waals surface area contributed by atoms with E-state index in [9.17, 15) is 13.2 Å². The Morgan fingerprint density at radius 3 is 2.70 bits per heavy atom. The van der Waals surface area contributed by atoms with E-state index >= 15 is 0 Å². The fourth-order valence-electron chi connectivity index (χ4n) is 1.38. The van der Waals surface area contributed by atoms with Gasteiger partial charge in [0.15, 0.2) is 0 Å². The number of rotatable bonds is 7. The highest BCUT2D eigenvalue weighted by atomic mass is 79.9. The van der Waals surface area contributed by atoms with E-state index < -0.39 is 16.0 Å². The molecule has 0 unspecified atom stereocenters. The molecule has 0 amide bonds. The third-order valence-corrected chi connectivity index (χ3v) is 5.76.